The SMILES string of the molecule is CC(C)N(CCC(=O)O)Cc1ccc(Br)cn1. The normalized spacial score (nSPS) is 11.1. The molecule has 1 rings (SSSR count). The molecular weight excluding hydrogens is 284 g/mol. The molecule has 1 heterocycles. The van der Waals surface area contributed by atoms with E-state index in [0.29, 0.717) is 19.1 Å². The van der Waals surface area contributed by atoms with Gasteiger partial charge in [0.05, 0.1) is 12.1 Å². The van der Waals surface area contributed by atoms with Gasteiger partial charge in [0.15, 0.2) is 0 Å². The second kappa shape index (κ2) is 6.71. The third-order valence-corrected chi connectivity index (χ3v) is 2.97. The Bertz CT molecular complexity index is 365. The fourth-order valence-electron chi connectivity index (χ4n) is 1.47. The van der Waals surface area contributed by atoms with Crippen LogP contribution in [0, 0.1) is 0 Å². The molecule has 0 fully saturated rings. The van der Waals surface area contributed by atoms with E-state index in [4.69, 9.17) is 5.11 Å². The highest BCUT2D eigenvalue weighted by Gasteiger charge is 2.12. The summed E-state index contributed by atoms with van der Waals surface area (Å²) in [7, 11) is 0. The Morgan fingerprint density at radius 1 is 1.53 bits per heavy atom. The van der Waals surface area contributed by atoms with Crippen molar-refractivity contribution in [1.82, 2.24) is 9.88 Å². The van der Waals surface area contributed by atoms with Crippen molar-refractivity contribution in [2.45, 2.75) is 32.9 Å². The number of halogens is 1. The maximum Gasteiger partial charge on any atom is 0.304 e. The standard InChI is InChI=1S/C12H17BrN2O2/c1-9(2)15(6-5-12(16)17)8-11-4-3-10(13)7-14-11/h3-4,7,9H,5-6,8H2,1-2H3,(H,16,17). The predicted octanol–water partition coefficient (Wildman–Crippen LogP) is 2.53. The topological polar surface area (TPSA) is 53.4 Å². The van der Waals surface area contributed by atoms with Gasteiger partial charge < -0.3 is 5.11 Å². The molecule has 1 N–H and O–H groups in total. The second-order valence-electron chi connectivity index (χ2n) is 4.18. The quantitative estimate of drug-likeness (QED) is 0.877. The van der Waals surface area contributed by atoms with Crippen LogP contribution in [0.4, 0.5) is 0 Å². The van der Waals surface area contributed by atoms with E-state index in [2.05, 4.69) is 39.7 Å². The number of hydrogen-bond acceptors (Lipinski definition) is 3. The summed E-state index contributed by atoms with van der Waals surface area (Å²) in [5.74, 6) is -0.764. The van der Waals surface area contributed by atoms with E-state index in [9.17, 15) is 4.79 Å². The van der Waals surface area contributed by atoms with Gasteiger partial charge >= 0.3 is 5.97 Å². The number of hydrogen-bond donors (Lipinski definition) is 1. The molecule has 1 aromatic rings. The number of carbonyl (C=O) groups is 1. The van der Waals surface area contributed by atoms with Crippen LogP contribution in [0.25, 0.3) is 0 Å². The lowest BCUT2D eigenvalue weighted by Gasteiger charge is -2.25. The molecule has 0 aromatic carbocycles. The molecule has 4 nitrogen and oxygen atoms in total. The maximum atomic E-state index is 10.6. The second-order valence-corrected chi connectivity index (χ2v) is 5.09. The van der Waals surface area contributed by atoms with Crippen molar-refractivity contribution in [2.24, 2.45) is 0 Å². The summed E-state index contributed by atoms with van der Waals surface area (Å²) in [5.41, 5.74) is 0.951. The Kier molecular flexibility index (Phi) is 5.58. The van der Waals surface area contributed by atoms with E-state index in [1.54, 1.807) is 6.20 Å². The minimum Gasteiger partial charge on any atom is -0.481 e. The molecule has 0 unspecified atom stereocenters. The molecule has 5 heteroatoms. The van der Waals surface area contributed by atoms with Crippen molar-refractivity contribution in [3.8, 4) is 0 Å². The maximum absolute atomic E-state index is 10.6. The van der Waals surface area contributed by atoms with E-state index < -0.39 is 5.97 Å². The van der Waals surface area contributed by atoms with E-state index in [0.717, 1.165) is 10.2 Å². The minimum absolute atomic E-state index is 0.161. The van der Waals surface area contributed by atoms with Crippen molar-refractivity contribution < 1.29 is 9.90 Å². The van der Waals surface area contributed by atoms with E-state index in [-0.39, 0.29) is 6.42 Å². The molecule has 0 amide bonds. The van der Waals surface area contributed by atoms with Gasteiger partial charge in [0, 0.05) is 29.8 Å². The molecule has 1 aromatic heterocycles. The van der Waals surface area contributed by atoms with Crippen LogP contribution in [0.3, 0.4) is 0 Å². The first-order valence-corrected chi connectivity index (χ1v) is 6.34. The number of nitrogens with zero attached hydrogens (tertiary/aromatic N) is 2. The van der Waals surface area contributed by atoms with Crippen molar-refractivity contribution in [3.05, 3.63) is 28.5 Å². The van der Waals surface area contributed by atoms with E-state index >= 15 is 0 Å². The van der Waals surface area contributed by atoms with Gasteiger partial charge in [0.2, 0.25) is 0 Å². The van der Waals surface area contributed by atoms with Gasteiger partial charge in [-0.2, -0.15) is 0 Å². The van der Waals surface area contributed by atoms with E-state index in [1.165, 1.54) is 0 Å². The third-order valence-electron chi connectivity index (χ3n) is 2.50. The van der Waals surface area contributed by atoms with Gasteiger partial charge in [-0.1, -0.05) is 0 Å². The summed E-state index contributed by atoms with van der Waals surface area (Å²) in [6, 6.07) is 4.19. The molecule has 0 aliphatic heterocycles. The molecular formula is C12H17BrN2O2. The number of carboxylic acids is 1. The first kappa shape index (κ1) is 14.1. The fraction of sp³-hybridized carbons (Fsp3) is 0.500. The molecule has 0 spiro atoms. The summed E-state index contributed by atoms with van der Waals surface area (Å²) in [6.07, 6.45) is 1.92. The van der Waals surface area contributed by atoms with Crippen LogP contribution in [0.2, 0.25) is 0 Å². The van der Waals surface area contributed by atoms with Crippen LogP contribution < -0.4 is 0 Å². The van der Waals surface area contributed by atoms with Crippen molar-refractivity contribution in [2.75, 3.05) is 6.54 Å². The largest absolute Gasteiger partial charge is 0.481 e. The van der Waals surface area contributed by atoms with Crippen molar-refractivity contribution in [3.63, 3.8) is 0 Å². The molecule has 0 radical (unpaired) electrons. The summed E-state index contributed by atoms with van der Waals surface area (Å²) >= 11 is 3.34. The number of rotatable bonds is 6. The highest BCUT2D eigenvalue weighted by atomic mass is 79.9. The summed E-state index contributed by atoms with van der Waals surface area (Å²) in [4.78, 5) is 17.0. The molecule has 0 aliphatic carbocycles. The Morgan fingerprint density at radius 3 is 2.71 bits per heavy atom. The van der Waals surface area contributed by atoms with Crippen LogP contribution in [-0.4, -0.2) is 33.5 Å². The summed E-state index contributed by atoms with van der Waals surface area (Å²) in [5, 5.41) is 8.70. The average Bonchev–Trinajstić information content (AvgIpc) is 2.26. The van der Waals surface area contributed by atoms with Crippen molar-refractivity contribution >= 4 is 21.9 Å². The molecule has 0 saturated carbocycles. The monoisotopic (exact) mass is 300 g/mol. The molecule has 17 heavy (non-hydrogen) atoms. The molecule has 0 atom stereocenters. The molecule has 0 aliphatic rings. The zero-order valence-electron chi connectivity index (χ0n) is 10.1. The Balaban J connectivity index is 2.60. The number of carboxylic acid groups (broad SMARTS) is 1. The van der Waals surface area contributed by atoms with Crippen LogP contribution >= 0.6 is 15.9 Å². The number of pyridine rings is 1. The van der Waals surface area contributed by atoms with Gasteiger partial charge in [0.1, 0.15) is 0 Å². The first-order chi connectivity index (χ1) is 7.99. The Morgan fingerprint density at radius 2 is 2.24 bits per heavy atom. The van der Waals surface area contributed by atoms with Crippen molar-refractivity contribution in [1.29, 1.82) is 0 Å². The lowest BCUT2D eigenvalue weighted by molar-refractivity contribution is -0.137. The number of aromatic nitrogens is 1. The minimum atomic E-state index is -0.764. The van der Waals surface area contributed by atoms with E-state index in [1.807, 2.05) is 12.1 Å². The smallest absolute Gasteiger partial charge is 0.304 e. The van der Waals surface area contributed by atoms with Crippen LogP contribution in [0.1, 0.15) is 26.0 Å². The lowest BCUT2D eigenvalue weighted by Crippen LogP contribution is -2.32. The zero-order chi connectivity index (χ0) is 12.8. The average molecular weight is 301 g/mol. The highest BCUT2D eigenvalue weighted by Crippen LogP contribution is 2.11. The highest BCUT2D eigenvalue weighted by molar-refractivity contribution is 9.10. The Labute approximate surface area is 110 Å². The fourth-order valence-corrected chi connectivity index (χ4v) is 1.70. The van der Waals surface area contributed by atoms with Crippen LogP contribution in [0.5, 0.6) is 0 Å². The molecule has 94 valence electrons. The Hall–Kier alpha value is -0.940. The van der Waals surface area contributed by atoms with Crippen LogP contribution in [-0.2, 0) is 11.3 Å². The summed E-state index contributed by atoms with van der Waals surface area (Å²) in [6.45, 7) is 5.34. The lowest BCUT2D eigenvalue weighted by atomic mass is 10.2. The van der Waals surface area contributed by atoms with Gasteiger partial charge in [0.25, 0.3) is 0 Å². The van der Waals surface area contributed by atoms with Gasteiger partial charge in [-0.15, -0.1) is 0 Å². The molecule has 0 saturated heterocycles. The third kappa shape index (κ3) is 5.28. The van der Waals surface area contributed by atoms with Crippen LogP contribution in [0.15, 0.2) is 22.8 Å². The van der Waals surface area contributed by atoms with Gasteiger partial charge in [-0.05, 0) is 41.9 Å². The zero-order valence-corrected chi connectivity index (χ0v) is 11.6. The number of aliphatic carboxylic acids is 1. The first-order valence-electron chi connectivity index (χ1n) is 5.55. The summed E-state index contributed by atoms with van der Waals surface area (Å²) < 4.78 is 0.947. The van der Waals surface area contributed by atoms with Gasteiger partial charge in [-0.25, -0.2) is 0 Å². The predicted molar refractivity (Wildman–Crippen MR) is 69.7 cm³/mol. The van der Waals surface area contributed by atoms with Gasteiger partial charge in [-0.3, -0.25) is 14.7 Å². The molecule has 0 bridgehead atoms.